The maximum absolute atomic E-state index is 13.7. The van der Waals surface area contributed by atoms with Crippen LogP contribution in [0.5, 0.6) is 0 Å². The Morgan fingerprint density at radius 3 is 2.67 bits per heavy atom. The van der Waals surface area contributed by atoms with Crippen LogP contribution in [0.3, 0.4) is 0 Å². The highest BCUT2D eigenvalue weighted by atomic mass is 19.1. The van der Waals surface area contributed by atoms with Gasteiger partial charge in [-0.25, -0.2) is 8.78 Å². The number of benzene rings is 1. The summed E-state index contributed by atoms with van der Waals surface area (Å²) in [6.07, 6.45) is 2.68. The van der Waals surface area contributed by atoms with Crippen molar-refractivity contribution < 1.29 is 13.9 Å². The fourth-order valence-electron chi connectivity index (χ4n) is 3.09. The molecule has 0 spiro atoms. The molecule has 0 saturated carbocycles. The van der Waals surface area contributed by atoms with Crippen LogP contribution in [0.4, 0.5) is 8.78 Å². The zero-order chi connectivity index (χ0) is 14.8. The lowest BCUT2D eigenvalue weighted by atomic mass is 10.1. The number of nitrogens with zero attached hydrogens (tertiary/aromatic N) is 1. The van der Waals surface area contributed by atoms with Crippen LogP contribution >= 0.6 is 0 Å². The van der Waals surface area contributed by atoms with Gasteiger partial charge in [0.15, 0.2) is 0 Å². The molecule has 3 nitrogen and oxygen atoms in total. The summed E-state index contributed by atoms with van der Waals surface area (Å²) in [4.78, 5) is 5.25. The van der Waals surface area contributed by atoms with Crippen molar-refractivity contribution in [1.82, 2.24) is 9.88 Å². The van der Waals surface area contributed by atoms with Gasteiger partial charge in [-0.05, 0) is 43.7 Å². The van der Waals surface area contributed by atoms with Gasteiger partial charge in [0.2, 0.25) is 0 Å². The third kappa shape index (κ3) is 2.84. The van der Waals surface area contributed by atoms with Crippen LogP contribution in [-0.2, 0) is 0 Å². The van der Waals surface area contributed by atoms with Crippen LogP contribution in [0.2, 0.25) is 0 Å². The summed E-state index contributed by atoms with van der Waals surface area (Å²) in [5.74, 6) is -1.39. The van der Waals surface area contributed by atoms with E-state index in [2.05, 4.69) is 9.88 Å². The Bertz CT molecular complexity index is 580. The standard InChI is InChI=1S/C16H18F2N2O/c17-11-4-1-5-12(18)16(11)15(21)10-20-9-3-7-14(20)13-6-2-8-19-13/h1-2,4-6,8,14-15,19,21H,3,7,9-10H2. The van der Waals surface area contributed by atoms with Gasteiger partial charge in [-0.1, -0.05) is 6.07 Å². The molecule has 2 atom stereocenters. The molecule has 21 heavy (non-hydrogen) atoms. The van der Waals surface area contributed by atoms with Crippen molar-refractivity contribution in [2.75, 3.05) is 13.1 Å². The number of H-pyrrole nitrogens is 1. The van der Waals surface area contributed by atoms with E-state index in [-0.39, 0.29) is 18.2 Å². The van der Waals surface area contributed by atoms with Gasteiger partial charge in [0, 0.05) is 24.5 Å². The summed E-state index contributed by atoms with van der Waals surface area (Å²) < 4.78 is 27.4. The topological polar surface area (TPSA) is 39.3 Å². The minimum atomic E-state index is -1.17. The molecule has 0 bridgehead atoms. The molecule has 0 radical (unpaired) electrons. The Hall–Kier alpha value is -1.72. The Balaban J connectivity index is 1.76. The summed E-state index contributed by atoms with van der Waals surface area (Å²) >= 11 is 0. The number of rotatable bonds is 4. The fourth-order valence-corrected chi connectivity index (χ4v) is 3.09. The van der Waals surface area contributed by atoms with Crippen molar-refractivity contribution in [3.05, 3.63) is 59.4 Å². The SMILES string of the molecule is OC(CN1CCCC1c1ccc[nH]1)c1c(F)cccc1F. The number of aromatic nitrogens is 1. The Kier molecular flexibility index (Phi) is 4.03. The van der Waals surface area contributed by atoms with Crippen molar-refractivity contribution in [3.63, 3.8) is 0 Å². The molecule has 2 unspecified atom stereocenters. The summed E-state index contributed by atoms with van der Waals surface area (Å²) in [5, 5.41) is 10.2. The number of aliphatic hydroxyl groups excluding tert-OH is 1. The van der Waals surface area contributed by atoms with E-state index in [0.29, 0.717) is 0 Å². The molecule has 2 aromatic rings. The van der Waals surface area contributed by atoms with E-state index < -0.39 is 17.7 Å². The fraction of sp³-hybridized carbons (Fsp3) is 0.375. The smallest absolute Gasteiger partial charge is 0.131 e. The number of nitrogens with one attached hydrogen (secondary N) is 1. The van der Waals surface area contributed by atoms with E-state index in [9.17, 15) is 13.9 Å². The minimum Gasteiger partial charge on any atom is -0.387 e. The first-order chi connectivity index (χ1) is 10.2. The summed E-state index contributed by atoms with van der Waals surface area (Å²) in [6, 6.07) is 7.75. The van der Waals surface area contributed by atoms with Crippen molar-refractivity contribution >= 4 is 0 Å². The lowest BCUT2D eigenvalue weighted by Crippen LogP contribution is -2.29. The maximum atomic E-state index is 13.7. The van der Waals surface area contributed by atoms with E-state index in [1.807, 2.05) is 18.3 Å². The van der Waals surface area contributed by atoms with Crippen LogP contribution in [0.15, 0.2) is 36.5 Å². The van der Waals surface area contributed by atoms with E-state index in [1.54, 1.807) is 0 Å². The number of hydrogen-bond acceptors (Lipinski definition) is 2. The van der Waals surface area contributed by atoms with Crippen molar-refractivity contribution in [3.8, 4) is 0 Å². The number of likely N-dealkylation sites (tertiary alicyclic amines) is 1. The molecule has 1 fully saturated rings. The molecule has 1 aromatic heterocycles. The molecule has 3 rings (SSSR count). The van der Waals surface area contributed by atoms with Gasteiger partial charge in [-0.15, -0.1) is 0 Å². The first-order valence-corrected chi connectivity index (χ1v) is 7.16. The Morgan fingerprint density at radius 1 is 1.24 bits per heavy atom. The zero-order valence-corrected chi connectivity index (χ0v) is 11.6. The van der Waals surface area contributed by atoms with E-state index in [0.717, 1.165) is 25.1 Å². The molecular weight excluding hydrogens is 274 g/mol. The second kappa shape index (κ2) is 5.95. The van der Waals surface area contributed by atoms with Gasteiger partial charge in [0.05, 0.1) is 11.7 Å². The van der Waals surface area contributed by atoms with Gasteiger partial charge in [-0.3, -0.25) is 4.90 Å². The minimum absolute atomic E-state index is 0.171. The highest BCUT2D eigenvalue weighted by molar-refractivity contribution is 5.22. The predicted molar refractivity (Wildman–Crippen MR) is 75.7 cm³/mol. The molecule has 1 aliphatic rings. The largest absolute Gasteiger partial charge is 0.387 e. The molecule has 1 aromatic carbocycles. The van der Waals surface area contributed by atoms with Crippen LogP contribution in [-0.4, -0.2) is 28.1 Å². The normalized spacial score (nSPS) is 20.8. The van der Waals surface area contributed by atoms with Crippen molar-refractivity contribution in [1.29, 1.82) is 0 Å². The van der Waals surface area contributed by atoms with Crippen LogP contribution < -0.4 is 0 Å². The average Bonchev–Trinajstić information content (AvgIpc) is 3.08. The molecule has 5 heteroatoms. The molecule has 1 aliphatic heterocycles. The molecular formula is C16H18F2N2O. The summed E-state index contributed by atoms with van der Waals surface area (Å²) in [5.41, 5.74) is 0.836. The number of β-amino-alcohol motifs (C(OH)–C–C–N with tert-alkyl or cyclic N) is 1. The quantitative estimate of drug-likeness (QED) is 0.908. The van der Waals surface area contributed by atoms with E-state index >= 15 is 0 Å². The number of aromatic amines is 1. The summed E-state index contributed by atoms with van der Waals surface area (Å²) in [7, 11) is 0. The van der Waals surface area contributed by atoms with Crippen molar-refractivity contribution in [2.45, 2.75) is 25.0 Å². The predicted octanol–water partition coefficient (Wildman–Crippen LogP) is 3.16. The first kappa shape index (κ1) is 14.2. The lowest BCUT2D eigenvalue weighted by Gasteiger charge is -2.26. The highest BCUT2D eigenvalue weighted by Gasteiger charge is 2.30. The second-order valence-corrected chi connectivity index (χ2v) is 5.43. The lowest BCUT2D eigenvalue weighted by molar-refractivity contribution is 0.0993. The van der Waals surface area contributed by atoms with E-state index in [4.69, 9.17) is 0 Å². The van der Waals surface area contributed by atoms with E-state index in [1.165, 1.54) is 18.2 Å². The highest BCUT2D eigenvalue weighted by Crippen LogP contribution is 2.33. The number of halogens is 2. The van der Waals surface area contributed by atoms with Gasteiger partial charge in [0.1, 0.15) is 11.6 Å². The first-order valence-electron chi connectivity index (χ1n) is 7.16. The second-order valence-electron chi connectivity index (χ2n) is 5.43. The van der Waals surface area contributed by atoms with Crippen molar-refractivity contribution in [2.24, 2.45) is 0 Å². The molecule has 112 valence electrons. The van der Waals surface area contributed by atoms with Gasteiger partial charge in [-0.2, -0.15) is 0 Å². The third-order valence-corrected chi connectivity index (χ3v) is 4.09. The monoisotopic (exact) mass is 292 g/mol. The van der Waals surface area contributed by atoms with Crippen LogP contribution in [0.25, 0.3) is 0 Å². The Morgan fingerprint density at radius 2 is 2.00 bits per heavy atom. The summed E-state index contributed by atoms with van der Waals surface area (Å²) in [6.45, 7) is 1.04. The maximum Gasteiger partial charge on any atom is 0.131 e. The zero-order valence-electron chi connectivity index (χ0n) is 11.6. The van der Waals surface area contributed by atoms with Crippen LogP contribution in [0, 0.1) is 11.6 Å². The molecule has 2 heterocycles. The Labute approximate surface area is 122 Å². The van der Waals surface area contributed by atoms with Crippen LogP contribution in [0.1, 0.15) is 36.2 Å². The van der Waals surface area contributed by atoms with Gasteiger partial charge < -0.3 is 10.1 Å². The molecule has 0 amide bonds. The number of hydrogen-bond donors (Lipinski definition) is 2. The number of aliphatic hydroxyl groups is 1. The molecule has 1 saturated heterocycles. The molecule has 2 N–H and O–H groups in total. The molecule has 0 aliphatic carbocycles. The van der Waals surface area contributed by atoms with Gasteiger partial charge >= 0.3 is 0 Å². The van der Waals surface area contributed by atoms with Gasteiger partial charge in [0.25, 0.3) is 0 Å². The third-order valence-electron chi connectivity index (χ3n) is 4.09. The average molecular weight is 292 g/mol.